The highest BCUT2D eigenvalue weighted by Gasteiger charge is 2.20. The van der Waals surface area contributed by atoms with Crippen molar-refractivity contribution in [3.05, 3.63) is 24.3 Å². The van der Waals surface area contributed by atoms with Gasteiger partial charge in [-0.25, -0.2) is 8.42 Å². The molecule has 0 bridgehead atoms. The Morgan fingerprint density at radius 2 is 1.90 bits per heavy atom. The maximum atomic E-state index is 12.0. The van der Waals surface area contributed by atoms with Gasteiger partial charge in [-0.15, -0.1) is 0 Å². The first-order chi connectivity index (χ1) is 9.25. The predicted octanol–water partition coefficient (Wildman–Crippen LogP) is 1.73. The van der Waals surface area contributed by atoms with Crippen molar-refractivity contribution >= 4 is 38.6 Å². The quantitative estimate of drug-likeness (QED) is 0.781. The van der Waals surface area contributed by atoms with Gasteiger partial charge in [0.05, 0.1) is 15.8 Å². The fraction of sp³-hybridized carbons (Fsp3) is 0.385. The van der Waals surface area contributed by atoms with Crippen molar-refractivity contribution in [1.29, 1.82) is 0 Å². The van der Waals surface area contributed by atoms with E-state index in [1.54, 1.807) is 0 Å². The minimum absolute atomic E-state index is 0.164. The van der Waals surface area contributed by atoms with Gasteiger partial charge in [0.2, 0.25) is 5.91 Å². The van der Waals surface area contributed by atoms with Crippen molar-refractivity contribution in [2.24, 2.45) is 11.7 Å². The summed E-state index contributed by atoms with van der Waals surface area (Å²) in [5.41, 5.74) is 6.06. The summed E-state index contributed by atoms with van der Waals surface area (Å²) in [5.74, 6) is -0.781. The monoisotopic (exact) mass is 314 g/mol. The molecule has 0 saturated carbocycles. The molecular formula is C13H18N2O3S2. The highest BCUT2D eigenvalue weighted by Crippen LogP contribution is 2.16. The number of anilines is 1. The largest absolute Gasteiger partial charge is 0.393 e. The van der Waals surface area contributed by atoms with Crippen LogP contribution in [0, 0.1) is 5.92 Å². The lowest BCUT2D eigenvalue weighted by atomic mass is 10.0. The van der Waals surface area contributed by atoms with Crippen LogP contribution in [0.2, 0.25) is 0 Å². The van der Waals surface area contributed by atoms with Gasteiger partial charge in [0.15, 0.2) is 9.84 Å². The summed E-state index contributed by atoms with van der Waals surface area (Å²) < 4.78 is 22.7. The summed E-state index contributed by atoms with van der Waals surface area (Å²) in [6.07, 6.45) is 2.51. The van der Waals surface area contributed by atoms with Crippen molar-refractivity contribution < 1.29 is 13.2 Å². The summed E-state index contributed by atoms with van der Waals surface area (Å²) in [5, 5.41) is 2.69. The molecule has 0 fully saturated rings. The van der Waals surface area contributed by atoms with Crippen LogP contribution >= 0.6 is 12.2 Å². The average Bonchev–Trinajstić information content (AvgIpc) is 2.34. The predicted molar refractivity (Wildman–Crippen MR) is 83.4 cm³/mol. The van der Waals surface area contributed by atoms with Crippen LogP contribution in [0.25, 0.3) is 0 Å². The minimum Gasteiger partial charge on any atom is -0.393 e. The summed E-state index contributed by atoms with van der Waals surface area (Å²) in [6, 6.07) is 5.97. The average molecular weight is 314 g/mol. The molecular weight excluding hydrogens is 296 g/mol. The number of amides is 1. The second kappa shape index (κ2) is 6.81. The summed E-state index contributed by atoms with van der Waals surface area (Å²) in [7, 11) is -3.24. The van der Waals surface area contributed by atoms with Gasteiger partial charge in [-0.05, 0) is 30.7 Å². The van der Waals surface area contributed by atoms with Crippen LogP contribution in [0.5, 0.6) is 0 Å². The first-order valence-corrected chi connectivity index (χ1v) is 8.46. The Morgan fingerprint density at radius 1 is 1.35 bits per heavy atom. The van der Waals surface area contributed by atoms with E-state index in [2.05, 4.69) is 5.32 Å². The topological polar surface area (TPSA) is 89.3 Å². The van der Waals surface area contributed by atoms with Gasteiger partial charge in [0.1, 0.15) is 0 Å². The molecule has 1 unspecified atom stereocenters. The molecule has 3 N–H and O–H groups in total. The number of carbonyl (C=O) groups is 1. The SMILES string of the molecule is CCCC(C(=O)Nc1ccc(S(C)(=O)=O)cc1)C(N)=S. The highest BCUT2D eigenvalue weighted by atomic mass is 32.2. The molecule has 1 amide bonds. The summed E-state index contributed by atoms with van der Waals surface area (Å²) in [6.45, 7) is 1.94. The number of sulfone groups is 1. The van der Waals surface area contributed by atoms with Gasteiger partial charge in [0.25, 0.3) is 0 Å². The molecule has 20 heavy (non-hydrogen) atoms. The van der Waals surface area contributed by atoms with Crippen molar-refractivity contribution in [1.82, 2.24) is 0 Å². The number of hydrogen-bond donors (Lipinski definition) is 2. The second-order valence-corrected chi connectivity index (χ2v) is 7.02. The number of rotatable bonds is 6. The zero-order valence-corrected chi connectivity index (χ0v) is 13.1. The Morgan fingerprint density at radius 3 is 2.30 bits per heavy atom. The van der Waals surface area contributed by atoms with Crippen LogP contribution < -0.4 is 11.1 Å². The van der Waals surface area contributed by atoms with Gasteiger partial charge in [0, 0.05) is 11.9 Å². The Hall–Kier alpha value is -1.47. The fourth-order valence-corrected chi connectivity index (χ4v) is 2.56. The Labute approximate surface area is 124 Å². The van der Waals surface area contributed by atoms with Gasteiger partial charge in [-0.2, -0.15) is 0 Å². The number of nitrogens with one attached hydrogen (secondary N) is 1. The lowest BCUT2D eigenvalue weighted by molar-refractivity contribution is -0.118. The van der Waals surface area contributed by atoms with E-state index in [0.717, 1.165) is 12.7 Å². The van der Waals surface area contributed by atoms with Crippen LogP contribution in [0.1, 0.15) is 19.8 Å². The highest BCUT2D eigenvalue weighted by molar-refractivity contribution is 7.90. The molecule has 0 radical (unpaired) electrons. The third-order valence-electron chi connectivity index (χ3n) is 2.79. The molecule has 0 saturated heterocycles. The molecule has 0 aliphatic rings. The molecule has 0 aliphatic heterocycles. The van der Waals surface area contributed by atoms with Crippen molar-refractivity contribution in [2.45, 2.75) is 24.7 Å². The van der Waals surface area contributed by atoms with E-state index in [-0.39, 0.29) is 15.8 Å². The number of thiocarbonyl (C=S) groups is 1. The molecule has 5 nitrogen and oxygen atoms in total. The van der Waals surface area contributed by atoms with E-state index in [1.165, 1.54) is 24.3 Å². The van der Waals surface area contributed by atoms with Crippen LogP contribution in [-0.4, -0.2) is 25.6 Å². The van der Waals surface area contributed by atoms with Gasteiger partial charge in [-0.3, -0.25) is 4.79 Å². The van der Waals surface area contributed by atoms with E-state index < -0.39 is 15.8 Å². The first-order valence-electron chi connectivity index (χ1n) is 6.16. The second-order valence-electron chi connectivity index (χ2n) is 4.53. The molecule has 0 heterocycles. The van der Waals surface area contributed by atoms with E-state index in [1.807, 2.05) is 6.92 Å². The molecule has 110 valence electrons. The number of carbonyl (C=O) groups excluding carboxylic acids is 1. The zero-order chi connectivity index (χ0) is 15.3. The van der Waals surface area contributed by atoms with E-state index in [9.17, 15) is 13.2 Å². The Bertz CT molecular complexity index is 595. The zero-order valence-electron chi connectivity index (χ0n) is 11.4. The number of benzene rings is 1. The Balaban J connectivity index is 2.83. The third-order valence-corrected chi connectivity index (χ3v) is 4.20. The van der Waals surface area contributed by atoms with Gasteiger partial charge in [-0.1, -0.05) is 25.6 Å². The maximum Gasteiger partial charge on any atom is 0.234 e. The molecule has 7 heteroatoms. The third kappa shape index (κ3) is 4.57. The normalized spacial score (nSPS) is 12.7. The molecule has 0 spiro atoms. The van der Waals surface area contributed by atoms with Crippen molar-refractivity contribution in [2.75, 3.05) is 11.6 Å². The molecule has 0 aromatic heterocycles. The van der Waals surface area contributed by atoms with Crippen molar-refractivity contribution in [3.63, 3.8) is 0 Å². The lowest BCUT2D eigenvalue weighted by Gasteiger charge is -2.14. The molecule has 1 rings (SSSR count). The Kier molecular flexibility index (Phi) is 5.64. The van der Waals surface area contributed by atoms with Crippen LogP contribution in [-0.2, 0) is 14.6 Å². The van der Waals surface area contributed by atoms with E-state index in [4.69, 9.17) is 18.0 Å². The first kappa shape index (κ1) is 16.6. The van der Waals surface area contributed by atoms with Gasteiger partial charge < -0.3 is 11.1 Å². The van der Waals surface area contributed by atoms with Crippen molar-refractivity contribution in [3.8, 4) is 0 Å². The minimum atomic E-state index is -3.24. The number of hydrogen-bond acceptors (Lipinski definition) is 4. The molecule has 1 aromatic carbocycles. The smallest absolute Gasteiger partial charge is 0.234 e. The summed E-state index contributed by atoms with van der Waals surface area (Å²) in [4.78, 5) is 12.4. The molecule has 1 atom stereocenters. The molecule has 1 aromatic rings. The molecule has 0 aliphatic carbocycles. The van der Waals surface area contributed by atoms with E-state index in [0.29, 0.717) is 12.1 Å². The standard InChI is InChI=1S/C13H18N2O3S2/c1-3-4-11(12(14)19)13(16)15-9-5-7-10(8-6-9)20(2,17)18/h5-8,11H,3-4H2,1-2H3,(H2,14,19)(H,15,16). The van der Waals surface area contributed by atoms with Crippen LogP contribution in [0.15, 0.2) is 29.2 Å². The van der Waals surface area contributed by atoms with E-state index >= 15 is 0 Å². The maximum absolute atomic E-state index is 12.0. The van der Waals surface area contributed by atoms with Crippen LogP contribution in [0.4, 0.5) is 5.69 Å². The van der Waals surface area contributed by atoms with Gasteiger partial charge >= 0.3 is 0 Å². The fourth-order valence-electron chi connectivity index (χ4n) is 1.71. The van der Waals surface area contributed by atoms with Crippen LogP contribution in [0.3, 0.4) is 0 Å². The number of nitrogens with two attached hydrogens (primary N) is 1. The summed E-state index contributed by atoms with van der Waals surface area (Å²) >= 11 is 4.88. The lowest BCUT2D eigenvalue weighted by Crippen LogP contribution is -2.33.